The van der Waals surface area contributed by atoms with E-state index < -0.39 is 9.84 Å². The minimum Gasteiger partial charge on any atom is -0.326 e. The van der Waals surface area contributed by atoms with Crippen LogP contribution >= 0.6 is 11.6 Å². The molecule has 1 amide bonds. The van der Waals surface area contributed by atoms with Crippen molar-refractivity contribution in [3.05, 3.63) is 59.1 Å². The standard InChI is InChI=1S/C17H18ClNO3S/c1-2-13-7-3-5-9-15(13)19-17(20)11-12-23(21,22)16-10-6-4-8-14(16)18/h3-10H,2,11-12H2,1H3,(H,19,20). The van der Waals surface area contributed by atoms with Gasteiger partial charge in [-0.2, -0.15) is 0 Å². The minimum atomic E-state index is -3.59. The predicted octanol–water partition coefficient (Wildman–Crippen LogP) is 3.70. The summed E-state index contributed by atoms with van der Waals surface area (Å²) in [5, 5.41) is 2.93. The van der Waals surface area contributed by atoms with Crippen molar-refractivity contribution in [3.63, 3.8) is 0 Å². The van der Waals surface area contributed by atoms with Gasteiger partial charge in [-0.1, -0.05) is 48.9 Å². The van der Waals surface area contributed by atoms with Gasteiger partial charge in [0.25, 0.3) is 0 Å². The van der Waals surface area contributed by atoms with Crippen LogP contribution in [-0.2, 0) is 21.1 Å². The highest BCUT2D eigenvalue weighted by atomic mass is 35.5. The van der Waals surface area contributed by atoms with Crippen LogP contribution in [0.15, 0.2) is 53.4 Å². The molecule has 6 heteroatoms. The van der Waals surface area contributed by atoms with Crippen molar-refractivity contribution < 1.29 is 13.2 Å². The number of amides is 1. The Kier molecular flexibility index (Phi) is 5.80. The van der Waals surface area contributed by atoms with E-state index in [-0.39, 0.29) is 28.0 Å². The monoisotopic (exact) mass is 351 g/mol. The van der Waals surface area contributed by atoms with E-state index in [4.69, 9.17) is 11.6 Å². The van der Waals surface area contributed by atoms with Crippen LogP contribution in [0.4, 0.5) is 5.69 Å². The highest BCUT2D eigenvalue weighted by Crippen LogP contribution is 2.22. The first-order chi connectivity index (χ1) is 10.9. The number of aryl methyl sites for hydroxylation is 1. The summed E-state index contributed by atoms with van der Waals surface area (Å²) in [5.74, 6) is -0.613. The lowest BCUT2D eigenvalue weighted by Crippen LogP contribution is -2.18. The van der Waals surface area contributed by atoms with E-state index in [0.29, 0.717) is 0 Å². The van der Waals surface area contributed by atoms with E-state index in [0.717, 1.165) is 17.7 Å². The van der Waals surface area contributed by atoms with Gasteiger partial charge in [-0.3, -0.25) is 4.79 Å². The number of carbonyl (C=O) groups excluding carboxylic acids is 1. The molecule has 2 aromatic carbocycles. The summed E-state index contributed by atoms with van der Waals surface area (Å²) in [4.78, 5) is 12.1. The molecule has 0 bridgehead atoms. The fourth-order valence-electron chi connectivity index (χ4n) is 2.20. The summed E-state index contributed by atoms with van der Waals surface area (Å²) in [5.41, 5.74) is 1.73. The SMILES string of the molecule is CCc1ccccc1NC(=O)CCS(=O)(=O)c1ccccc1Cl. The topological polar surface area (TPSA) is 63.2 Å². The van der Waals surface area contributed by atoms with Crippen molar-refractivity contribution in [1.82, 2.24) is 0 Å². The number of carbonyl (C=O) groups is 1. The van der Waals surface area contributed by atoms with Crippen LogP contribution in [0.25, 0.3) is 0 Å². The molecule has 2 rings (SSSR count). The molecule has 0 saturated carbocycles. The van der Waals surface area contributed by atoms with Crippen LogP contribution in [0.3, 0.4) is 0 Å². The zero-order valence-corrected chi connectivity index (χ0v) is 14.3. The van der Waals surface area contributed by atoms with Crippen molar-refractivity contribution in [3.8, 4) is 0 Å². The third-order valence-corrected chi connectivity index (χ3v) is 5.65. The molecule has 23 heavy (non-hydrogen) atoms. The molecule has 0 aromatic heterocycles. The quantitative estimate of drug-likeness (QED) is 0.863. The van der Waals surface area contributed by atoms with Gasteiger partial charge in [0.05, 0.1) is 15.7 Å². The highest BCUT2D eigenvalue weighted by Gasteiger charge is 2.19. The first kappa shape index (κ1) is 17.5. The summed E-state index contributed by atoms with van der Waals surface area (Å²) >= 11 is 5.91. The molecule has 0 saturated heterocycles. The number of para-hydroxylation sites is 1. The summed E-state index contributed by atoms with van der Waals surface area (Å²) < 4.78 is 24.5. The maximum atomic E-state index is 12.3. The zero-order valence-electron chi connectivity index (χ0n) is 12.8. The van der Waals surface area contributed by atoms with Crippen molar-refractivity contribution in [1.29, 1.82) is 0 Å². The van der Waals surface area contributed by atoms with Crippen molar-refractivity contribution >= 4 is 33.0 Å². The predicted molar refractivity (Wildman–Crippen MR) is 92.6 cm³/mol. The van der Waals surface area contributed by atoms with Gasteiger partial charge >= 0.3 is 0 Å². The van der Waals surface area contributed by atoms with Gasteiger partial charge in [0, 0.05) is 12.1 Å². The van der Waals surface area contributed by atoms with Gasteiger partial charge in [0.1, 0.15) is 0 Å². The Bertz CT molecular complexity index is 803. The molecule has 2 aromatic rings. The third kappa shape index (κ3) is 4.56. The smallest absolute Gasteiger partial charge is 0.225 e. The highest BCUT2D eigenvalue weighted by molar-refractivity contribution is 7.91. The molecule has 0 fully saturated rings. The van der Waals surface area contributed by atoms with E-state index in [2.05, 4.69) is 5.32 Å². The molecule has 0 spiro atoms. The summed E-state index contributed by atoms with van der Waals surface area (Å²) in [6, 6.07) is 13.7. The molecule has 1 N–H and O–H groups in total. The molecule has 0 aliphatic heterocycles. The van der Waals surface area contributed by atoms with Crippen LogP contribution < -0.4 is 5.32 Å². The number of hydrogen-bond acceptors (Lipinski definition) is 3. The maximum Gasteiger partial charge on any atom is 0.225 e. The Morgan fingerprint density at radius 3 is 2.43 bits per heavy atom. The van der Waals surface area contributed by atoms with Gasteiger partial charge in [-0.15, -0.1) is 0 Å². The van der Waals surface area contributed by atoms with E-state index in [9.17, 15) is 13.2 Å². The Morgan fingerprint density at radius 2 is 1.74 bits per heavy atom. The maximum absolute atomic E-state index is 12.3. The number of benzene rings is 2. The first-order valence-electron chi connectivity index (χ1n) is 7.29. The number of anilines is 1. The number of rotatable bonds is 6. The lowest BCUT2D eigenvalue weighted by Gasteiger charge is -2.10. The average molecular weight is 352 g/mol. The van der Waals surface area contributed by atoms with E-state index >= 15 is 0 Å². The fourth-order valence-corrected chi connectivity index (χ4v) is 4.01. The average Bonchev–Trinajstić information content (AvgIpc) is 2.54. The van der Waals surface area contributed by atoms with Crippen LogP contribution in [-0.4, -0.2) is 20.1 Å². The third-order valence-electron chi connectivity index (χ3n) is 3.44. The van der Waals surface area contributed by atoms with Gasteiger partial charge in [-0.05, 0) is 30.2 Å². The number of nitrogens with one attached hydrogen (secondary N) is 1. The molecule has 0 aliphatic carbocycles. The lowest BCUT2D eigenvalue weighted by molar-refractivity contribution is -0.115. The Hall–Kier alpha value is -1.85. The van der Waals surface area contributed by atoms with Gasteiger partial charge in [-0.25, -0.2) is 8.42 Å². The molecule has 0 unspecified atom stereocenters. The van der Waals surface area contributed by atoms with Crippen LogP contribution in [0, 0.1) is 0 Å². The van der Waals surface area contributed by atoms with Crippen molar-refractivity contribution in [2.75, 3.05) is 11.1 Å². The fraction of sp³-hybridized carbons (Fsp3) is 0.235. The van der Waals surface area contributed by atoms with Crippen molar-refractivity contribution in [2.45, 2.75) is 24.7 Å². The largest absolute Gasteiger partial charge is 0.326 e. The molecule has 4 nitrogen and oxygen atoms in total. The van der Waals surface area contributed by atoms with E-state index in [1.807, 2.05) is 25.1 Å². The number of sulfone groups is 1. The summed E-state index contributed by atoms with van der Waals surface area (Å²) in [6.07, 6.45) is 0.667. The van der Waals surface area contributed by atoms with Crippen LogP contribution in [0.5, 0.6) is 0 Å². The molecule has 122 valence electrons. The van der Waals surface area contributed by atoms with Gasteiger partial charge in [0.2, 0.25) is 5.91 Å². The van der Waals surface area contributed by atoms with E-state index in [1.165, 1.54) is 12.1 Å². The Balaban J connectivity index is 2.03. The molecule has 0 heterocycles. The minimum absolute atomic E-state index is 0.0587. The summed E-state index contributed by atoms with van der Waals surface area (Å²) in [6.45, 7) is 1.99. The molecule has 0 atom stereocenters. The van der Waals surface area contributed by atoms with Crippen LogP contribution in [0.1, 0.15) is 18.9 Å². The molecule has 0 radical (unpaired) electrons. The number of hydrogen-bond donors (Lipinski definition) is 1. The normalized spacial score (nSPS) is 11.2. The van der Waals surface area contributed by atoms with Crippen molar-refractivity contribution in [2.24, 2.45) is 0 Å². The molecular weight excluding hydrogens is 334 g/mol. The summed E-state index contributed by atoms with van der Waals surface area (Å²) in [7, 11) is -3.59. The number of halogens is 1. The first-order valence-corrected chi connectivity index (χ1v) is 9.32. The second-order valence-corrected chi connectivity index (χ2v) is 7.54. The van der Waals surface area contributed by atoms with E-state index in [1.54, 1.807) is 18.2 Å². The molecule has 0 aliphatic rings. The van der Waals surface area contributed by atoms with Gasteiger partial charge in [0.15, 0.2) is 9.84 Å². The molecular formula is C17H18ClNO3S. The Morgan fingerprint density at radius 1 is 1.09 bits per heavy atom. The second kappa shape index (κ2) is 7.62. The second-order valence-electron chi connectivity index (χ2n) is 5.06. The zero-order chi connectivity index (χ0) is 16.9. The lowest BCUT2D eigenvalue weighted by atomic mass is 10.1. The van der Waals surface area contributed by atoms with Gasteiger partial charge < -0.3 is 5.32 Å². The Labute approximate surface area is 141 Å². The van der Waals surface area contributed by atoms with Crippen LogP contribution in [0.2, 0.25) is 5.02 Å².